The molecule has 0 atom stereocenters. The van der Waals surface area contributed by atoms with E-state index in [4.69, 9.17) is 21.1 Å². The van der Waals surface area contributed by atoms with Crippen molar-refractivity contribution < 1.29 is 14.3 Å². The van der Waals surface area contributed by atoms with Crippen LogP contribution in [0, 0.1) is 0 Å². The largest absolute Gasteiger partial charge is 0.490 e. The molecule has 26 heavy (non-hydrogen) atoms. The van der Waals surface area contributed by atoms with E-state index in [2.05, 4.69) is 17.2 Å². The minimum Gasteiger partial charge on any atom is -0.490 e. The van der Waals surface area contributed by atoms with Crippen molar-refractivity contribution in [3.8, 4) is 11.5 Å². The molecule has 0 bridgehead atoms. The summed E-state index contributed by atoms with van der Waals surface area (Å²) >= 11 is 5.74. The maximum atomic E-state index is 12.0. The number of aromatic nitrogens is 1. The lowest BCUT2D eigenvalue weighted by Crippen LogP contribution is -2.20. The molecule has 2 aromatic rings. The predicted octanol–water partition coefficient (Wildman–Crippen LogP) is 4.25. The normalized spacial score (nSPS) is 10.7. The third kappa shape index (κ3) is 6.41. The Morgan fingerprint density at radius 3 is 2.73 bits per heavy atom. The smallest absolute Gasteiger partial charge is 0.244 e. The standard InChI is InChI=1S/C20H23ClN2O3/c1-3-11-26-17-8-5-15(12-18(17)25-4-2)7-10-20(24)23-14-16-6-9-19(21)22-13-16/h5-10,12-13H,3-4,11,14H2,1-2H3,(H,23,24)/b10-7+. The summed E-state index contributed by atoms with van der Waals surface area (Å²) in [5.74, 6) is 1.20. The molecule has 1 N–H and O–H groups in total. The highest BCUT2D eigenvalue weighted by molar-refractivity contribution is 6.29. The molecule has 0 radical (unpaired) electrons. The number of carbonyl (C=O) groups excluding carboxylic acids is 1. The molecule has 5 nitrogen and oxygen atoms in total. The monoisotopic (exact) mass is 374 g/mol. The summed E-state index contributed by atoms with van der Waals surface area (Å²) in [4.78, 5) is 16.0. The van der Waals surface area contributed by atoms with Crippen LogP contribution in [0.4, 0.5) is 0 Å². The third-order valence-corrected chi connectivity index (χ3v) is 3.64. The van der Waals surface area contributed by atoms with Crippen LogP contribution in [0.2, 0.25) is 5.15 Å². The molecule has 0 fully saturated rings. The van der Waals surface area contributed by atoms with Crippen LogP contribution >= 0.6 is 11.6 Å². The SMILES string of the molecule is CCCOc1ccc(/C=C/C(=O)NCc2ccc(Cl)nc2)cc1OCC. The summed E-state index contributed by atoms with van der Waals surface area (Å²) < 4.78 is 11.3. The zero-order chi connectivity index (χ0) is 18.8. The van der Waals surface area contributed by atoms with Gasteiger partial charge in [-0.2, -0.15) is 0 Å². The van der Waals surface area contributed by atoms with Gasteiger partial charge in [-0.25, -0.2) is 4.98 Å². The van der Waals surface area contributed by atoms with Gasteiger partial charge in [0.1, 0.15) is 5.15 Å². The molecule has 1 heterocycles. The van der Waals surface area contributed by atoms with Gasteiger partial charge < -0.3 is 14.8 Å². The number of hydrogen-bond acceptors (Lipinski definition) is 4. The summed E-state index contributed by atoms with van der Waals surface area (Å²) in [6.45, 7) is 5.55. The molecule has 0 saturated heterocycles. The Kier molecular flexibility index (Phi) is 7.96. The van der Waals surface area contributed by atoms with Crippen molar-refractivity contribution in [2.75, 3.05) is 13.2 Å². The Morgan fingerprint density at radius 1 is 1.19 bits per heavy atom. The Balaban J connectivity index is 1.96. The van der Waals surface area contributed by atoms with E-state index in [0.29, 0.717) is 36.4 Å². The molecule has 0 aliphatic heterocycles. The molecule has 1 aromatic carbocycles. The first-order chi connectivity index (χ1) is 12.6. The van der Waals surface area contributed by atoms with E-state index in [-0.39, 0.29) is 5.91 Å². The van der Waals surface area contributed by atoms with E-state index in [1.807, 2.05) is 31.2 Å². The highest BCUT2D eigenvalue weighted by atomic mass is 35.5. The first-order valence-electron chi connectivity index (χ1n) is 8.58. The van der Waals surface area contributed by atoms with Crippen molar-refractivity contribution in [3.05, 3.63) is 58.9 Å². The second-order valence-corrected chi connectivity index (χ2v) is 5.92. The summed E-state index contributed by atoms with van der Waals surface area (Å²) in [5.41, 5.74) is 1.74. The fourth-order valence-electron chi connectivity index (χ4n) is 2.16. The van der Waals surface area contributed by atoms with Crippen LogP contribution in [0.3, 0.4) is 0 Å². The van der Waals surface area contributed by atoms with Gasteiger partial charge in [0.15, 0.2) is 11.5 Å². The summed E-state index contributed by atoms with van der Waals surface area (Å²) in [6, 6.07) is 9.12. The highest BCUT2D eigenvalue weighted by Crippen LogP contribution is 2.29. The van der Waals surface area contributed by atoms with Gasteiger partial charge in [0.2, 0.25) is 5.91 Å². The maximum Gasteiger partial charge on any atom is 0.244 e. The fraction of sp³-hybridized carbons (Fsp3) is 0.300. The van der Waals surface area contributed by atoms with Crippen LogP contribution in [0.5, 0.6) is 11.5 Å². The minimum atomic E-state index is -0.191. The van der Waals surface area contributed by atoms with E-state index >= 15 is 0 Å². The predicted molar refractivity (Wildman–Crippen MR) is 104 cm³/mol. The molecule has 0 aliphatic carbocycles. The number of carbonyl (C=O) groups is 1. The number of pyridine rings is 1. The Morgan fingerprint density at radius 2 is 2.04 bits per heavy atom. The molecule has 1 amide bonds. The van der Waals surface area contributed by atoms with Crippen LogP contribution in [0.1, 0.15) is 31.4 Å². The van der Waals surface area contributed by atoms with Crippen LogP contribution in [0.25, 0.3) is 6.08 Å². The molecular formula is C20H23ClN2O3. The average Bonchev–Trinajstić information content (AvgIpc) is 2.65. The van der Waals surface area contributed by atoms with Crippen LogP contribution in [-0.4, -0.2) is 24.1 Å². The van der Waals surface area contributed by atoms with Crippen LogP contribution < -0.4 is 14.8 Å². The van der Waals surface area contributed by atoms with Crippen molar-refractivity contribution in [1.82, 2.24) is 10.3 Å². The number of nitrogens with zero attached hydrogens (tertiary/aromatic N) is 1. The van der Waals surface area contributed by atoms with E-state index < -0.39 is 0 Å². The molecule has 0 aliphatic rings. The van der Waals surface area contributed by atoms with Gasteiger partial charge >= 0.3 is 0 Å². The number of rotatable bonds is 9. The van der Waals surface area contributed by atoms with Crippen molar-refractivity contribution in [1.29, 1.82) is 0 Å². The van der Waals surface area contributed by atoms with E-state index in [1.165, 1.54) is 6.08 Å². The quantitative estimate of drug-likeness (QED) is 0.526. The van der Waals surface area contributed by atoms with Gasteiger partial charge in [0.05, 0.1) is 13.2 Å². The lowest BCUT2D eigenvalue weighted by atomic mass is 10.2. The van der Waals surface area contributed by atoms with Gasteiger partial charge in [0, 0.05) is 18.8 Å². The summed E-state index contributed by atoms with van der Waals surface area (Å²) in [7, 11) is 0. The van der Waals surface area contributed by atoms with Gasteiger partial charge in [-0.15, -0.1) is 0 Å². The minimum absolute atomic E-state index is 0.191. The first kappa shape index (κ1) is 19.8. The molecule has 1 aromatic heterocycles. The summed E-state index contributed by atoms with van der Waals surface area (Å²) in [5, 5.41) is 3.23. The van der Waals surface area contributed by atoms with Crippen LogP contribution in [-0.2, 0) is 11.3 Å². The average molecular weight is 375 g/mol. The highest BCUT2D eigenvalue weighted by Gasteiger charge is 2.05. The second kappa shape index (κ2) is 10.5. The van der Waals surface area contributed by atoms with Crippen molar-refractivity contribution in [2.24, 2.45) is 0 Å². The van der Waals surface area contributed by atoms with Gasteiger partial charge in [-0.05, 0) is 48.7 Å². The van der Waals surface area contributed by atoms with Gasteiger partial charge in [-0.3, -0.25) is 4.79 Å². The number of ether oxygens (including phenoxy) is 2. The topological polar surface area (TPSA) is 60.5 Å². The Bertz CT molecular complexity index is 745. The van der Waals surface area contributed by atoms with E-state index in [1.54, 1.807) is 18.3 Å². The zero-order valence-corrected chi connectivity index (χ0v) is 15.8. The first-order valence-corrected chi connectivity index (χ1v) is 8.96. The number of benzene rings is 1. The van der Waals surface area contributed by atoms with Crippen molar-refractivity contribution in [2.45, 2.75) is 26.8 Å². The molecule has 0 spiro atoms. The lowest BCUT2D eigenvalue weighted by Gasteiger charge is -2.12. The molecule has 6 heteroatoms. The van der Waals surface area contributed by atoms with Gasteiger partial charge in [-0.1, -0.05) is 30.7 Å². The van der Waals surface area contributed by atoms with Gasteiger partial charge in [0.25, 0.3) is 0 Å². The molecule has 0 unspecified atom stereocenters. The molecule has 2 rings (SSSR count). The Hall–Kier alpha value is -2.53. The number of nitrogens with one attached hydrogen (secondary N) is 1. The number of halogens is 1. The van der Waals surface area contributed by atoms with Crippen molar-refractivity contribution >= 4 is 23.6 Å². The summed E-state index contributed by atoms with van der Waals surface area (Å²) in [6.07, 6.45) is 5.79. The lowest BCUT2D eigenvalue weighted by molar-refractivity contribution is -0.116. The van der Waals surface area contributed by atoms with Crippen LogP contribution in [0.15, 0.2) is 42.6 Å². The number of amides is 1. The van der Waals surface area contributed by atoms with E-state index in [0.717, 1.165) is 17.5 Å². The molecule has 138 valence electrons. The fourth-order valence-corrected chi connectivity index (χ4v) is 2.27. The third-order valence-electron chi connectivity index (χ3n) is 3.41. The zero-order valence-electron chi connectivity index (χ0n) is 15.0. The Labute approximate surface area is 159 Å². The van der Waals surface area contributed by atoms with E-state index in [9.17, 15) is 4.79 Å². The maximum absolute atomic E-state index is 12.0. The second-order valence-electron chi connectivity index (χ2n) is 5.53. The van der Waals surface area contributed by atoms with Crippen molar-refractivity contribution in [3.63, 3.8) is 0 Å². The molecule has 0 saturated carbocycles. The molecular weight excluding hydrogens is 352 g/mol. The number of hydrogen-bond donors (Lipinski definition) is 1.